The number of nitrogens with one attached hydrogen (secondary N) is 2. The van der Waals surface area contributed by atoms with Gasteiger partial charge in [-0.15, -0.1) is 0 Å². The van der Waals surface area contributed by atoms with Crippen molar-refractivity contribution >= 4 is 11.6 Å². The summed E-state index contributed by atoms with van der Waals surface area (Å²) in [5, 5.41) is 6.89. The molecule has 1 aromatic rings. The van der Waals surface area contributed by atoms with Gasteiger partial charge in [0.25, 0.3) is 0 Å². The summed E-state index contributed by atoms with van der Waals surface area (Å²) in [6, 6.07) is 8.97. The first kappa shape index (κ1) is 15.3. The van der Waals surface area contributed by atoms with Gasteiger partial charge in [-0.2, -0.15) is 0 Å². The number of hydrogen-bond donors (Lipinski definition) is 2. The first-order chi connectivity index (χ1) is 10.7. The number of anilines is 1. The Balaban J connectivity index is 1.38. The van der Waals surface area contributed by atoms with E-state index in [1.54, 1.807) is 0 Å². The molecule has 2 N–H and O–H groups in total. The highest BCUT2D eigenvalue weighted by Crippen LogP contribution is 2.27. The fraction of sp³-hybridized carbons (Fsp3) is 0.611. The molecule has 1 saturated heterocycles. The average molecular weight is 301 g/mol. The summed E-state index contributed by atoms with van der Waals surface area (Å²) in [5.74, 6) is 1.09. The summed E-state index contributed by atoms with van der Waals surface area (Å²) in [6.45, 7) is 5.37. The molecule has 0 aromatic heterocycles. The number of rotatable bonds is 6. The van der Waals surface area contributed by atoms with Crippen LogP contribution in [0.15, 0.2) is 24.3 Å². The van der Waals surface area contributed by atoms with E-state index in [-0.39, 0.29) is 5.91 Å². The van der Waals surface area contributed by atoms with Crippen molar-refractivity contribution in [1.29, 1.82) is 0 Å². The Hall–Kier alpha value is -1.55. The number of likely N-dealkylation sites (tertiary alicyclic amines) is 1. The fourth-order valence-corrected chi connectivity index (χ4v) is 3.06. The molecule has 0 radical (unpaired) electrons. The molecule has 22 heavy (non-hydrogen) atoms. The van der Waals surface area contributed by atoms with Gasteiger partial charge in [-0.05, 0) is 62.8 Å². The first-order valence-electron chi connectivity index (χ1n) is 8.52. The van der Waals surface area contributed by atoms with Crippen molar-refractivity contribution in [2.24, 2.45) is 5.92 Å². The Morgan fingerprint density at radius 1 is 1.23 bits per heavy atom. The van der Waals surface area contributed by atoms with Crippen LogP contribution in [0.5, 0.6) is 0 Å². The predicted molar refractivity (Wildman–Crippen MR) is 90.0 cm³/mol. The van der Waals surface area contributed by atoms with Crippen LogP contribution in [0.1, 0.15) is 31.2 Å². The van der Waals surface area contributed by atoms with E-state index in [1.807, 2.05) is 4.90 Å². The second kappa shape index (κ2) is 7.14. The Bertz CT molecular complexity index is 505. The van der Waals surface area contributed by atoms with Gasteiger partial charge in [-0.3, -0.25) is 4.79 Å². The SMILES string of the molecule is Cc1cccc(NC2CCN(C(=O)CNCC3CC3)CC2)c1. The van der Waals surface area contributed by atoms with Gasteiger partial charge in [0.15, 0.2) is 0 Å². The van der Waals surface area contributed by atoms with Crippen LogP contribution < -0.4 is 10.6 Å². The first-order valence-corrected chi connectivity index (χ1v) is 8.52. The quantitative estimate of drug-likeness (QED) is 0.848. The zero-order chi connectivity index (χ0) is 15.4. The number of carbonyl (C=O) groups is 1. The molecule has 120 valence electrons. The zero-order valence-electron chi connectivity index (χ0n) is 13.5. The Morgan fingerprint density at radius 3 is 2.68 bits per heavy atom. The lowest BCUT2D eigenvalue weighted by Crippen LogP contribution is -2.45. The molecule has 4 heteroatoms. The number of nitrogens with zero attached hydrogens (tertiary/aromatic N) is 1. The van der Waals surface area contributed by atoms with Gasteiger partial charge >= 0.3 is 0 Å². The summed E-state index contributed by atoms with van der Waals surface area (Å²) in [4.78, 5) is 14.2. The Kier molecular flexibility index (Phi) is 4.98. The maximum atomic E-state index is 12.2. The molecule has 1 amide bonds. The number of piperidine rings is 1. The number of hydrogen-bond acceptors (Lipinski definition) is 3. The normalized spacial score (nSPS) is 19.2. The molecule has 0 atom stereocenters. The molecule has 1 aliphatic heterocycles. The van der Waals surface area contributed by atoms with Crippen molar-refractivity contribution < 1.29 is 4.79 Å². The van der Waals surface area contributed by atoms with Gasteiger partial charge in [0.05, 0.1) is 6.54 Å². The minimum atomic E-state index is 0.259. The molecule has 0 bridgehead atoms. The van der Waals surface area contributed by atoms with Crippen molar-refractivity contribution in [3.63, 3.8) is 0 Å². The zero-order valence-corrected chi connectivity index (χ0v) is 13.5. The van der Waals surface area contributed by atoms with Crippen molar-refractivity contribution in [2.45, 2.75) is 38.6 Å². The van der Waals surface area contributed by atoms with Gasteiger partial charge in [0, 0.05) is 24.8 Å². The summed E-state index contributed by atoms with van der Waals surface area (Å²) in [7, 11) is 0. The molecular formula is C18H27N3O. The molecule has 1 heterocycles. The highest BCUT2D eigenvalue weighted by molar-refractivity contribution is 5.78. The van der Waals surface area contributed by atoms with Crippen LogP contribution in [-0.4, -0.2) is 43.0 Å². The highest BCUT2D eigenvalue weighted by atomic mass is 16.2. The standard InChI is InChI=1S/C18H27N3O/c1-14-3-2-4-17(11-14)20-16-7-9-21(10-8-16)18(22)13-19-12-15-5-6-15/h2-4,11,15-16,19-20H,5-10,12-13H2,1H3. The maximum absolute atomic E-state index is 12.2. The van der Waals surface area contributed by atoms with Gasteiger partial charge in [0.2, 0.25) is 5.91 Å². The van der Waals surface area contributed by atoms with Crippen molar-refractivity contribution in [3.8, 4) is 0 Å². The van der Waals surface area contributed by atoms with E-state index in [4.69, 9.17) is 0 Å². The summed E-state index contributed by atoms with van der Waals surface area (Å²) in [6.07, 6.45) is 4.72. The smallest absolute Gasteiger partial charge is 0.236 e. The molecular weight excluding hydrogens is 274 g/mol. The fourth-order valence-electron chi connectivity index (χ4n) is 3.06. The second-order valence-corrected chi connectivity index (χ2v) is 6.74. The maximum Gasteiger partial charge on any atom is 0.236 e. The second-order valence-electron chi connectivity index (χ2n) is 6.74. The van der Waals surface area contributed by atoms with E-state index < -0.39 is 0 Å². The lowest BCUT2D eigenvalue weighted by Gasteiger charge is -2.33. The lowest BCUT2D eigenvalue weighted by atomic mass is 10.0. The Labute approximate surface area is 133 Å². The van der Waals surface area contributed by atoms with Crippen LogP contribution in [0.2, 0.25) is 0 Å². The minimum Gasteiger partial charge on any atom is -0.382 e. The topological polar surface area (TPSA) is 44.4 Å². The van der Waals surface area contributed by atoms with Crippen LogP contribution in [0.25, 0.3) is 0 Å². The number of carbonyl (C=O) groups excluding carboxylic acids is 1. The summed E-state index contributed by atoms with van der Waals surface area (Å²) >= 11 is 0. The summed E-state index contributed by atoms with van der Waals surface area (Å²) in [5.41, 5.74) is 2.47. The monoisotopic (exact) mass is 301 g/mol. The molecule has 1 saturated carbocycles. The molecule has 0 unspecified atom stereocenters. The lowest BCUT2D eigenvalue weighted by molar-refractivity contribution is -0.131. The van der Waals surface area contributed by atoms with E-state index in [9.17, 15) is 4.79 Å². The van der Waals surface area contributed by atoms with Gasteiger partial charge < -0.3 is 15.5 Å². The molecule has 2 aliphatic rings. The van der Waals surface area contributed by atoms with E-state index in [2.05, 4.69) is 41.8 Å². The van der Waals surface area contributed by atoms with Crippen LogP contribution in [0, 0.1) is 12.8 Å². The van der Waals surface area contributed by atoms with Crippen LogP contribution >= 0.6 is 0 Å². The van der Waals surface area contributed by atoms with Crippen molar-refractivity contribution in [2.75, 3.05) is 31.5 Å². The molecule has 2 fully saturated rings. The third kappa shape index (κ3) is 4.47. The van der Waals surface area contributed by atoms with Gasteiger partial charge in [-0.1, -0.05) is 12.1 Å². The molecule has 1 aliphatic carbocycles. The van der Waals surface area contributed by atoms with Gasteiger partial charge in [-0.25, -0.2) is 0 Å². The average Bonchev–Trinajstić information content (AvgIpc) is 3.32. The molecule has 0 spiro atoms. The molecule has 3 rings (SSSR count). The van der Waals surface area contributed by atoms with E-state index >= 15 is 0 Å². The van der Waals surface area contributed by atoms with E-state index in [1.165, 1.54) is 24.1 Å². The number of amides is 1. The highest BCUT2D eigenvalue weighted by Gasteiger charge is 2.24. The van der Waals surface area contributed by atoms with E-state index in [0.29, 0.717) is 12.6 Å². The number of aryl methyl sites for hydroxylation is 1. The van der Waals surface area contributed by atoms with Gasteiger partial charge in [0.1, 0.15) is 0 Å². The van der Waals surface area contributed by atoms with Crippen molar-refractivity contribution in [3.05, 3.63) is 29.8 Å². The van der Waals surface area contributed by atoms with Crippen LogP contribution in [0.3, 0.4) is 0 Å². The van der Waals surface area contributed by atoms with Crippen LogP contribution in [-0.2, 0) is 4.79 Å². The minimum absolute atomic E-state index is 0.259. The Morgan fingerprint density at radius 2 is 2.00 bits per heavy atom. The third-order valence-electron chi connectivity index (χ3n) is 4.64. The summed E-state index contributed by atoms with van der Waals surface area (Å²) < 4.78 is 0. The predicted octanol–water partition coefficient (Wildman–Crippen LogP) is 2.40. The largest absolute Gasteiger partial charge is 0.382 e. The van der Waals surface area contributed by atoms with Crippen molar-refractivity contribution in [1.82, 2.24) is 10.2 Å². The number of benzene rings is 1. The van der Waals surface area contributed by atoms with Crippen LogP contribution in [0.4, 0.5) is 5.69 Å². The van der Waals surface area contributed by atoms with E-state index in [0.717, 1.165) is 38.4 Å². The molecule has 4 nitrogen and oxygen atoms in total. The molecule has 1 aromatic carbocycles. The third-order valence-corrected chi connectivity index (χ3v) is 4.64.